The zero-order valence-electron chi connectivity index (χ0n) is 5.52. The zero-order valence-corrected chi connectivity index (χ0v) is 5.52. The van der Waals surface area contributed by atoms with Gasteiger partial charge in [-0.05, 0) is 24.7 Å². The van der Waals surface area contributed by atoms with Crippen molar-refractivity contribution in [3.05, 3.63) is 0 Å². The fourth-order valence-corrected chi connectivity index (χ4v) is 1.50. The van der Waals surface area contributed by atoms with Gasteiger partial charge in [-0.15, -0.1) is 0 Å². The average molecular weight is 116 g/mol. The highest BCUT2D eigenvalue weighted by Gasteiger charge is 2.27. The molecule has 0 saturated heterocycles. The second-order valence-electron chi connectivity index (χ2n) is 3.07. The normalized spacial score (nSPS) is 47.6. The molecule has 0 heterocycles. The van der Waals surface area contributed by atoms with Crippen molar-refractivity contribution in [3.8, 4) is 0 Å². The molecule has 8 heavy (non-hydrogen) atoms. The van der Waals surface area contributed by atoms with Crippen LogP contribution in [0.3, 0.4) is 0 Å². The van der Waals surface area contributed by atoms with E-state index in [1.54, 1.807) is 0 Å². The van der Waals surface area contributed by atoms with Crippen molar-refractivity contribution in [1.29, 1.82) is 0 Å². The van der Waals surface area contributed by atoms with E-state index in [0.29, 0.717) is 11.8 Å². The number of halogens is 1. The Morgan fingerprint density at radius 2 is 1.88 bits per heavy atom. The molecule has 0 radical (unpaired) electrons. The summed E-state index contributed by atoms with van der Waals surface area (Å²) in [5.41, 5.74) is 0. The lowest BCUT2D eigenvalue weighted by Crippen LogP contribution is -2.01. The summed E-state index contributed by atoms with van der Waals surface area (Å²) in [5.74, 6) is 0.949. The third-order valence-electron chi connectivity index (χ3n) is 2.02. The van der Waals surface area contributed by atoms with Crippen molar-refractivity contribution in [2.75, 3.05) is 0 Å². The first-order valence-electron chi connectivity index (χ1n) is 3.34. The van der Waals surface area contributed by atoms with E-state index >= 15 is 0 Å². The van der Waals surface area contributed by atoms with Gasteiger partial charge in [0.05, 0.1) is 0 Å². The second-order valence-corrected chi connectivity index (χ2v) is 3.07. The van der Waals surface area contributed by atoms with Gasteiger partial charge in [0.1, 0.15) is 6.17 Å². The Bertz CT molecular complexity index is 70.5. The maximum absolute atomic E-state index is 12.6. The van der Waals surface area contributed by atoms with Gasteiger partial charge in [-0.3, -0.25) is 0 Å². The fraction of sp³-hybridized carbons (Fsp3) is 1.00. The molecule has 2 unspecified atom stereocenters. The van der Waals surface area contributed by atoms with Crippen molar-refractivity contribution in [3.63, 3.8) is 0 Å². The molecule has 1 aliphatic rings. The Kier molecular flexibility index (Phi) is 1.54. The van der Waals surface area contributed by atoms with Crippen LogP contribution in [0.1, 0.15) is 26.7 Å². The summed E-state index contributed by atoms with van der Waals surface area (Å²) >= 11 is 0. The molecule has 0 bridgehead atoms. The summed E-state index contributed by atoms with van der Waals surface area (Å²) in [5, 5.41) is 0. The van der Waals surface area contributed by atoms with E-state index in [9.17, 15) is 4.39 Å². The van der Waals surface area contributed by atoms with Gasteiger partial charge >= 0.3 is 0 Å². The predicted molar refractivity (Wildman–Crippen MR) is 32.5 cm³/mol. The smallest absolute Gasteiger partial charge is 0.103 e. The quantitative estimate of drug-likeness (QED) is 0.456. The van der Waals surface area contributed by atoms with E-state index in [0.717, 1.165) is 12.8 Å². The third kappa shape index (κ3) is 1.01. The minimum absolute atomic E-state index is 0.324. The van der Waals surface area contributed by atoms with Crippen LogP contribution >= 0.6 is 0 Å². The largest absolute Gasteiger partial charge is 0.247 e. The van der Waals surface area contributed by atoms with Gasteiger partial charge < -0.3 is 0 Å². The van der Waals surface area contributed by atoms with Crippen molar-refractivity contribution < 1.29 is 4.39 Å². The minimum atomic E-state index is -0.509. The topological polar surface area (TPSA) is 0 Å². The molecule has 1 heteroatoms. The first-order chi connectivity index (χ1) is 3.70. The first-order valence-corrected chi connectivity index (χ1v) is 3.34. The third-order valence-corrected chi connectivity index (χ3v) is 2.02. The summed E-state index contributed by atoms with van der Waals surface area (Å²) in [4.78, 5) is 0. The highest BCUT2D eigenvalue weighted by atomic mass is 19.1. The van der Waals surface area contributed by atoms with E-state index in [2.05, 4.69) is 6.92 Å². The molecule has 0 spiro atoms. The molecule has 1 saturated carbocycles. The molecule has 0 aromatic carbocycles. The SMILES string of the molecule is CC1CC(C)[C@H](F)C1. The molecule has 1 aliphatic carbocycles. The van der Waals surface area contributed by atoms with E-state index < -0.39 is 6.17 Å². The molecule has 1 fully saturated rings. The Labute approximate surface area is 50.1 Å². The molecule has 0 aliphatic heterocycles. The zero-order chi connectivity index (χ0) is 6.15. The number of alkyl halides is 1. The second kappa shape index (κ2) is 2.04. The number of rotatable bonds is 0. The Morgan fingerprint density at radius 1 is 1.25 bits per heavy atom. The highest BCUT2D eigenvalue weighted by Crippen LogP contribution is 2.32. The van der Waals surface area contributed by atoms with Gasteiger partial charge in [0.25, 0.3) is 0 Å². The Hall–Kier alpha value is -0.0700. The van der Waals surface area contributed by atoms with Gasteiger partial charge in [0.15, 0.2) is 0 Å². The van der Waals surface area contributed by atoms with Crippen molar-refractivity contribution in [2.45, 2.75) is 32.9 Å². The van der Waals surface area contributed by atoms with E-state index in [1.165, 1.54) is 0 Å². The summed E-state index contributed by atoms with van der Waals surface area (Å²) in [6.45, 7) is 4.12. The summed E-state index contributed by atoms with van der Waals surface area (Å²) in [6.07, 6.45) is 1.37. The maximum Gasteiger partial charge on any atom is 0.103 e. The van der Waals surface area contributed by atoms with Crippen LogP contribution in [0.15, 0.2) is 0 Å². The van der Waals surface area contributed by atoms with E-state index in [-0.39, 0.29) is 0 Å². The van der Waals surface area contributed by atoms with Crippen molar-refractivity contribution in [1.82, 2.24) is 0 Å². The summed E-state index contributed by atoms with van der Waals surface area (Å²) in [6, 6.07) is 0. The molecular formula is C7H13F. The lowest BCUT2D eigenvalue weighted by molar-refractivity contribution is 0.276. The predicted octanol–water partition coefficient (Wildman–Crippen LogP) is 2.39. The van der Waals surface area contributed by atoms with Crippen molar-refractivity contribution in [2.24, 2.45) is 11.8 Å². The molecule has 3 atom stereocenters. The molecule has 0 aromatic rings. The minimum Gasteiger partial charge on any atom is -0.247 e. The van der Waals surface area contributed by atoms with Gasteiger partial charge in [0, 0.05) is 0 Å². The number of hydrogen-bond donors (Lipinski definition) is 0. The molecule has 0 aromatic heterocycles. The van der Waals surface area contributed by atoms with E-state index in [4.69, 9.17) is 0 Å². The molecule has 48 valence electrons. The molecular weight excluding hydrogens is 103 g/mol. The van der Waals surface area contributed by atoms with Gasteiger partial charge in [0.2, 0.25) is 0 Å². The van der Waals surface area contributed by atoms with Crippen LogP contribution in [-0.2, 0) is 0 Å². The Morgan fingerprint density at radius 3 is 2.00 bits per heavy atom. The van der Waals surface area contributed by atoms with Crippen LogP contribution in [0, 0.1) is 11.8 Å². The van der Waals surface area contributed by atoms with Crippen LogP contribution < -0.4 is 0 Å². The van der Waals surface area contributed by atoms with Crippen LogP contribution in [-0.4, -0.2) is 6.17 Å². The van der Waals surface area contributed by atoms with Crippen molar-refractivity contribution >= 4 is 0 Å². The van der Waals surface area contributed by atoms with Crippen LogP contribution in [0.2, 0.25) is 0 Å². The van der Waals surface area contributed by atoms with Gasteiger partial charge in [-0.25, -0.2) is 4.39 Å². The standard InChI is InChI=1S/C7H13F/c1-5-3-6(2)7(8)4-5/h5-7H,3-4H2,1-2H3/t5?,6?,7-/m1/s1. The number of hydrogen-bond acceptors (Lipinski definition) is 0. The molecule has 0 N–H and O–H groups in total. The monoisotopic (exact) mass is 116 g/mol. The Balaban J connectivity index is 2.39. The highest BCUT2D eigenvalue weighted by molar-refractivity contribution is 4.77. The van der Waals surface area contributed by atoms with Crippen LogP contribution in [0.5, 0.6) is 0 Å². The fourth-order valence-electron chi connectivity index (χ4n) is 1.50. The molecule has 0 nitrogen and oxygen atoms in total. The summed E-state index contributed by atoms with van der Waals surface area (Å²) in [7, 11) is 0. The van der Waals surface area contributed by atoms with E-state index in [1.807, 2.05) is 6.92 Å². The van der Waals surface area contributed by atoms with Gasteiger partial charge in [-0.2, -0.15) is 0 Å². The maximum atomic E-state index is 12.6. The lowest BCUT2D eigenvalue weighted by Gasteiger charge is -2.00. The molecule has 0 amide bonds. The van der Waals surface area contributed by atoms with Crippen LogP contribution in [0.25, 0.3) is 0 Å². The molecule has 1 rings (SSSR count). The van der Waals surface area contributed by atoms with Crippen LogP contribution in [0.4, 0.5) is 4.39 Å². The van der Waals surface area contributed by atoms with Gasteiger partial charge in [-0.1, -0.05) is 13.8 Å². The average Bonchev–Trinajstić information content (AvgIpc) is 1.85. The first kappa shape index (κ1) is 6.06. The summed E-state index contributed by atoms with van der Waals surface area (Å²) < 4.78 is 12.6. The lowest BCUT2D eigenvalue weighted by atomic mass is 10.1.